The molecule has 3 N–H and O–H groups in total. The van der Waals surface area contributed by atoms with Gasteiger partial charge in [0.25, 0.3) is 5.91 Å². The zero-order valence-electron chi connectivity index (χ0n) is 10.6. The van der Waals surface area contributed by atoms with E-state index < -0.39 is 0 Å². The molecule has 1 aromatic heterocycles. The van der Waals surface area contributed by atoms with E-state index in [-0.39, 0.29) is 5.91 Å². The van der Waals surface area contributed by atoms with E-state index in [9.17, 15) is 4.79 Å². The van der Waals surface area contributed by atoms with Crippen molar-refractivity contribution in [3.63, 3.8) is 0 Å². The number of aryl methyl sites for hydroxylation is 2. The summed E-state index contributed by atoms with van der Waals surface area (Å²) in [4.78, 5) is 17.3. The van der Waals surface area contributed by atoms with E-state index in [2.05, 4.69) is 10.3 Å². The molecule has 2 rings (SSSR count). The minimum Gasteiger partial charge on any atom is -0.389 e. The standard InChI is InChI=1S/C13H13N3OS2/c1-7-11(19-8(2)15-7)13(17)16-10-5-3-4-9(6-10)12(14)18/h3-6H,1-2H3,(H2,14,18)(H,16,17). The highest BCUT2D eigenvalue weighted by molar-refractivity contribution is 7.80. The number of nitrogens with one attached hydrogen (secondary N) is 1. The van der Waals surface area contributed by atoms with E-state index in [4.69, 9.17) is 18.0 Å². The molecule has 2 aromatic rings. The molecule has 0 atom stereocenters. The molecule has 0 saturated heterocycles. The van der Waals surface area contributed by atoms with Crippen molar-refractivity contribution in [2.75, 3.05) is 5.32 Å². The zero-order valence-corrected chi connectivity index (χ0v) is 12.2. The molecular weight excluding hydrogens is 278 g/mol. The molecule has 0 unspecified atom stereocenters. The Kier molecular flexibility index (Phi) is 3.92. The van der Waals surface area contributed by atoms with Crippen molar-refractivity contribution in [2.24, 2.45) is 5.73 Å². The molecule has 0 aliphatic heterocycles. The van der Waals surface area contributed by atoms with Crippen molar-refractivity contribution in [1.29, 1.82) is 0 Å². The van der Waals surface area contributed by atoms with Crippen molar-refractivity contribution in [3.8, 4) is 0 Å². The number of amides is 1. The van der Waals surface area contributed by atoms with Gasteiger partial charge in [-0.15, -0.1) is 11.3 Å². The van der Waals surface area contributed by atoms with Crippen LogP contribution in [0.4, 0.5) is 5.69 Å². The van der Waals surface area contributed by atoms with Gasteiger partial charge in [-0.1, -0.05) is 24.4 Å². The van der Waals surface area contributed by atoms with Crippen LogP contribution in [0.1, 0.15) is 25.9 Å². The summed E-state index contributed by atoms with van der Waals surface area (Å²) < 4.78 is 0. The van der Waals surface area contributed by atoms with Gasteiger partial charge in [0.15, 0.2) is 0 Å². The van der Waals surface area contributed by atoms with Crippen molar-refractivity contribution in [1.82, 2.24) is 4.98 Å². The number of nitrogens with zero attached hydrogens (tertiary/aromatic N) is 1. The number of aromatic nitrogens is 1. The van der Waals surface area contributed by atoms with Gasteiger partial charge in [0, 0.05) is 11.3 Å². The Morgan fingerprint density at radius 2 is 2.16 bits per heavy atom. The van der Waals surface area contributed by atoms with Crippen LogP contribution in [0.2, 0.25) is 0 Å². The molecule has 0 spiro atoms. The molecule has 0 bridgehead atoms. The lowest BCUT2D eigenvalue weighted by Crippen LogP contribution is -2.13. The van der Waals surface area contributed by atoms with Crippen LogP contribution < -0.4 is 11.1 Å². The third-order valence-electron chi connectivity index (χ3n) is 2.51. The third-order valence-corrected chi connectivity index (χ3v) is 3.82. The summed E-state index contributed by atoms with van der Waals surface area (Å²) in [6, 6.07) is 7.15. The third kappa shape index (κ3) is 3.15. The van der Waals surface area contributed by atoms with E-state index in [1.165, 1.54) is 11.3 Å². The Hall–Kier alpha value is -1.79. The zero-order chi connectivity index (χ0) is 14.0. The smallest absolute Gasteiger partial charge is 0.267 e. The quantitative estimate of drug-likeness (QED) is 0.853. The van der Waals surface area contributed by atoms with Crippen LogP contribution in [0.15, 0.2) is 24.3 Å². The topological polar surface area (TPSA) is 68.0 Å². The number of thiazole rings is 1. The maximum Gasteiger partial charge on any atom is 0.267 e. The maximum atomic E-state index is 12.1. The Labute approximate surface area is 120 Å². The lowest BCUT2D eigenvalue weighted by Gasteiger charge is -2.06. The molecule has 0 saturated carbocycles. The molecular formula is C13H13N3OS2. The van der Waals surface area contributed by atoms with Gasteiger partial charge in [-0.05, 0) is 26.0 Å². The van der Waals surface area contributed by atoms with Crippen molar-refractivity contribution in [3.05, 3.63) is 45.4 Å². The number of anilines is 1. The lowest BCUT2D eigenvalue weighted by molar-refractivity contribution is 0.103. The Morgan fingerprint density at radius 3 is 2.74 bits per heavy atom. The average Bonchev–Trinajstić information content (AvgIpc) is 2.69. The number of hydrogen-bond acceptors (Lipinski definition) is 4. The fraction of sp³-hybridized carbons (Fsp3) is 0.154. The van der Waals surface area contributed by atoms with Gasteiger partial charge >= 0.3 is 0 Å². The molecule has 0 aliphatic carbocycles. The van der Waals surface area contributed by atoms with Crippen LogP contribution in [0.3, 0.4) is 0 Å². The van der Waals surface area contributed by atoms with Crippen LogP contribution in [0.25, 0.3) is 0 Å². The summed E-state index contributed by atoms with van der Waals surface area (Å²) in [6.45, 7) is 3.70. The van der Waals surface area contributed by atoms with Crippen molar-refractivity contribution < 1.29 is 4.79 Å². The first kappa shape index (κ1) is 13.6. The largest absolute Gasteiger partial charge is 0.389 e. The predicted molar refractivity (Wildman–Crippen MR) is 81.9 cm³/mol. The second kappa shape index (κ2) is 5.46. The number of rotatable bonds is 3. The SMILES string of the molecule is Cc1nc(C)c(C(=O)Nc2cccc(C(N)=S)c2)s1. The Balaban J connectivity index is 2.21. The first-order chi connectivity index (χ1) is 8.97. The number of carbonyl (C=O) groups is 1. The fourth-order valence-corrected chi connectivity index (χ4v) is 2.62. The number of carbonyl (C=O) groups excluding carboxylic acids is 1. The first-order valence-electron chi connectivity index (χ1n) is 5.62. The molecule has 98 valence electrons. The van der Waals surface area contributed by atoms with E-state index in [0.29, 0.717) is 15.6 Å². The summed E-state index contributed by atoms with van der Waals surface area (Å²) in [5, 5.41) is 3.70. The molecule has 1 aromatic carbocycles. The van der Waals surface area contributed by atoms with Crippen LogP contribution in [0, 0.1) is 13.8 Å². The number of hydrogen-bond donors (Lipinski definition) is 2. The number of benzene rings is 1. The van der Waals surface area contributed by atoms with Gasteiger partial charge in [0.1, 0.15) is 9.87 Å². The second-order valence-corrected chi connectivity index (χ2v) is 5.69. The van der Waals surface area contributed by atoms with Gasteiger partial charge in [-0.25, -0.2) is 4.98 Å². The summed E-state index contributed by atoms with van der Waals surface area (Å²) in [6.07, 6.45) is 0. The van der Waals surface area contributed by atoms with E-state index >= 15 is 0 Å². The summed E-state index contributed by atoms with van der Waals surface area (Å²) in [7, 11) is 0. The lowest BCUT2D eigenvalue weighted by atomic mass is 10.2. The maximum absolute atomic E-state index is 12.1. The molecule has 0 fully saturated rings. The highest BCUT2D eigenvalue weighted by atomic mass is 32.1. The van der Waals surface area contributed by atoms with Crippen LogP contribution in [0.5, 0.6) is 0 Å². The monoisotopic (exact) mass is 291 g/mol. The molecule has 0 aliphatic rings. The second-order valence-electron chi connectivity index (χ2n) is 4.05. The average molecular weight is 291 g/mol. The molecule has 19 heavy (non-hydrogen) atoms. The minimum atomic E-state index is -0.164. The van der Waals surface area contributed by atoms with Crippen LogP contribution >= 0.6 is 23.6 Å². The summed E-state index contributed by atoms with van der Waals surface area (Å²) in [5.74, 6) is -0.164. The van der Waals surface area contributed by atoms with Gasteiger partial charge < -0.3 is 11.1 Å². The number of nitrogens with two attached hydrogens (primary N) is 1. The fourth-order valence-electron chi connectivity index (χ4n) is 1.68. The molecule has 1 heterocycles. The normalized spacial score (nSPS) is 10.2. The van der Waals surface area contributed by atoms with Gasteiger partial charge in [-0.2, -0.15) is 0 Å². The van der Waals surface area contributed by atoms with E-state index in [1.807, 2.05) is 13.8 Å². The van der Waals surface area contributed by atoms with Crippen LogP contribution in [-0.4, -0.2) is 15.9 Å². The van der Waals surface area contributed by atoms with Gasteiger partial charge in [0.05, 0.1) is 10.7 Å². The molecule has 1 amide bonds. The van der Waals surface area contributed by atoms with E-state index in [0.717, 1.165) is 16.3 Å². The predicted octanol–water partition coefficient (Wildman–Crippen LogP) is 2.65. The van der Waals surface area contributed by atoms with Crippen molar-refractivity contribution in [2.45, 2.75) is 13.8 Å². The summed E-state index contributed by atoms with van der Waals surface area (Å²) in [5.41, 5.74) is 7.70. The van der Waals surface area contributed by atoms with Crippen molar-refractivity contribution >= 4 is 40.1 Å². The molecule has 0 radical (unpaired) electrons. The first-order valence-corrected chi connectivity index (χ1v) is 6.85. The number of thiocarbonyl (C=S) groups is 1. The minimum absolute atomic E-state index is 0.164. The summed E-state index contributed by atoms with van der Waals surface area (Å²) >= 11 is 6.29. The Morgan fingerprint density at radius 1 is 1.42 bits per heavy atom. The highest BCUT2D eigenvalue weighted by Gasteiger charge is 2.14. The molecule has 6 heteroatoms. The van der Waals surface area contributed by atoms with Crippen LogP contribution in [-0.2, 0) is 0 Å². The van der Waals surface area contributed by atoms with Gasteiger partial charge in [0.2, 0.25) is 0 Å². The van der Waals surface area contributed by atoms with Gasteiger partial charge in [-0.3, -0.25) is 4.79 Å². The Bertz CT molecular complexity index is 649. The highest BCUT2D eigenvalue weighted by Crippen LogP contribution is 2.19. The van der Waals surface area contributed by atoms with E-state index in [1.54, 1.807) is 24.3 Å². The molecule has 4 nitrogen and oxygen atoms in total.